The Morgan fingerprint density at radius 2 is 2.00 bits per heavy atom. The summed E-state index contributed by atoms with van der Waals surface area (Å²) < 4.78 is 0. The maximum Gasteiger partial charge on any atom is 0.0254 e. The molecule has 16 heavy (non-hydrogen) atoms. The smallest absolute Gasteiger partial charge is 0.0254 e. The van der Waals surface area contributed by atoms with Crippen molar-refractivity contribution in [1.82, 2.24) is 4.90 Å². The van der Waals surface area contributed by atoms with Gasteiger partial charge in [0.05, 0.1) is 0 Å². The molecule has 0 aromatic heterocycles. The fourth-order valence-corrected chi connectivity index (χ4v) is 3.04. The number of piperidine rings is 1. The monoisotopic (exact) mass is 226 g/mol. The van der Waals surface area contributed by atoms with Crippen LogP contribution in [0, 0.1) is 0 Å². The molecule has 2 heteroatoms. The zero-order chi connectivity index (χ0) is 12.0. The second kappa shape index (κ2) is 6.61. The number of nitrogens with zero attached hydrogens (tertiary/aromatic N) is 1. The molecule has 1 heterocycles. The van der Waals surface area contributed by atoms with Gasteiger partial charge in [-0.25, -0.2) is 0 Å². The third-order valence-electron chi connectivity index (χ3n) is 3.76. The fraction of sp³-hybridized carbons (Fsp3) is 1.00. The van der Waals surface area contributed by atoms with E-state index in [-0.39, 0.29) is 5.54 Å². The molecule has 0 radical (unpaired) electrons. The van der Waals surface area contributed by atoms with Crippen LogP contribution in [-0.2, 0) is 0 Å². The molecular formula is C14H30N2. The van der Waals surface area contributed by atoms with E-state index in [1.54, 1.807) is 0 Å². The van der Waals surface area contributed by atoms with Crippen LogP contribution in [0.15, 0.2) is 0 Å². The van der Waals surface area contributed by atoms with Crippen LogP contribution in [0.1, 0.15) is 65.7 Å². The molecule has 1 fully saturated rings. The van der Waals surface area contributed by atoms with Crippen LogP contribution in [0.4, 0.5) is 0 Å². The first kappa shape index (κ1) is 14.0. The molecule has 96 valence electrons. The number of hydrogen-bond donors (Lipinski definition) is 1. The lowest BCUT2D eigenvalue weighted by Gasteiger charge is -2.40. The molecule has 2 unspecified atom stereocenters. The minimum absolute atomic E-state index is 0.0120. The summed E-state index contributed by atoms with van der Waals surface area (Å²) >= 11 is 0. The van der Waals surface area contributed by atoms with Gasteiger partial charge in [-0.15, -0.1) is 0 Å². The van der Waals surface area contributed by atoms with Gasteiger partial charge in [0.25, 0.3) is 0 Å². The molecule has 0 aromatic carbocycles. The van der Waals surface area contributed by atoms with E-state index in [0.29, 0.717) is 0 Å². The summed E-state index contributed by atoms with van der Waals surface area (Å²) in [6.07, 6.45) is 9.15. The van der Waals surface area contributed by atoms with E-state index in [0.717, 1.165) is 19.0 Å². The van der Waals surface area contributed by atoms with E-state index in [1.807, 2.05) is 0 Å². The molecule has 1 aliphatic heterocycles. The molecule has 2 N–H and O–H groups in total. The highest BCUT2D eigenvalue weighted by Crippen LogP contribution is 2.23. The van der Waals surface area contributed by atoms with Gasteiger partial charge in [0, 0.05) is 18.1 Å². The number of hydrogen-bond acceptors (Lipinski definition) is 2. The highest BCUT2D eigenvalue weighted by Gasteiger charge is 2.27. The van der Waals surface area contributed by atoms with Crippen LogP contribution in [0.3, 0.4) is 0 Å². The Bertz CT molecular complexity index is 187. The number of nitrogens with two attached hydrogens (primary N) is 1. The van der Waals surface area contributed by atoms with E-state index < -0.39 is 0 Å². The molecule has 0 spiro atoms. The van der Waals surface area contributed by atoms with Gasteiger partial charge >= 0.3 is 0 Å². The third-order valence-corrected chi connectivity index (χ3v) is 3.76. The second-order valence-electron chi connectivity index (χ2n) is 5.81. The Hall–Kier alpha value is -0.0800. The fourth-order valence-electron chi connectivity index (χ4n) is 3.04. The van der Waals surface area contributed by atoms with Gasteiger partial charge in [-0.1, -0.05) is 33.1 Å². The van der Waals surface area contributed by atoms with Crippen molar-refractivity contribution in [3.63, 3.8) is 0 Å². The summed E-state index contributed by atoms with van der Waals surface area (Å²) in [6.45, 7) is 9.09. The van der Waals surface area contributed by atoms with E-state index in [9.17, 15) is 0 Å². The predicted octanol–water partition coefficient (Wildman–Crippen LogP) is 3.16. The van der Waals surface area contributed by atoms with Crippen molar-refractivity contribution >= 4 is 0 Å². The van der Waals surface area contributed by atoms with Gasteiger partial charge in [0.1, 0.15) is 0 Å². The maximum absolute atomic E-state index is 6.37. The van der Waals surface area contributed by atoms with Crippen molar-refractivity contribution in [2.24, 2.45) is 5.73 Å². The minimum atomic E-state index is 0.0120. The lowest BCUT2D eigenvalue weighted by Crippen LogP contribution is -2.52. The summed E-state index contributed by atoms with van der Waals surface area (Å²) in [6, 6.07) is 0.804. The van der Waals surface area contributed by atoms with Crippen LogP contribution in [0.25, 0.3) is 0 Å². The first-order valence-electron chi connectivity index (χ1n) is 7.12. The largest absolute Gasteiger partial charge is 0.324 e. The van der Waals surface area contributed by atoms with Crippen molar-refractivity contribution in [1.29, 1.82) is 0 Å². The van der Waals surface area contributed by atoms with Crippen LogP contribution >= 0.6 is 0 Å². The molecule has 0 saturated carbocycles. The van der Waals surface area contributed by atoms with Crippen LogP contribution in [-0.4, -0.2) is 29.6 Å². The highest BCUT2D eigenvalue weighted by atomic mass is 15.2. The Labute approximate surface area is 102 Å². The second-order valence-corrected chi connectivity index (χ2v) is 5.81. The van der Waals surface area contributed by atoms with Crippen LogP contribution in [0.2, 0.25) is 0 Å². The summed E-state index contributed by atoms with van der Waals surface area (Å²) in [4.78, 5) is 2.66. The number of rotatable bonds is 6. The van der Waals surface area contributed by atoms with E-state index in [4.69, 9.17) is 5.73 Å². The van der Waals surface area contributed by atoms with Gasteiger partial charge in [-0.3, -0.25) is 4.90 Å². The Morgan fingerprint density at radius 3 is 2.62 bits per heavy atom. The normalized spacial score (nSPS) is 26.6. The minimum Gasteiger partial charge on any atom is -0.324 e. The maximum atomic E-state index is 6.37. The molecule has 2 nitrogen and oxygen atoms in total. The first-order chi connectivity index (χ1) is 7.59. The average molecular weight is 226 g/mol. The lowest BCUT2D eigenvalue weighted by molar-refractivity contribution is 0.108. The van der Waals surface area contributed by atoms with Crippen LogP contribution < -0.4 is 5.73 Å². The topological polar surface area (TPSA) is 29.3 Å². The zero-order valence-electron chi connectivity index (χ0n) is 11.5. The van der Waals surface area contributed by atoms with Crippen molar-refractivity contribution in [3.05, 3.63) is 0 Å². The van der Waals surface area contributed by atoms with E-state index in [1.165, 1.54) is 45.1 Å². The molecule has 1 saturated heterocycles. The quantitative estimate of drug-likeness (QED) is 0.754. The first-order valence-corrected chi connectivity index (χ1v) is 7.12. The lowest BCUT2D eigenvalue weighted by atomic mass is 9.92. The van der Waals surface area contributed by atoms with Gasteiger partial charge in [-0.05, 0) is 39.2 Å². The van der Waals surface area contributed by atoms with Crippen molar-refractivity contribution in [2.75, 3.05) is 13.1 Å². The molecule has 2 atom stereocenters. The Kier molecular flexibility index (Phi) is 5.77. The van der Waals surface area contributed by atoms with Crippen molar-refractivity contribution < 1.29 is 0 Å². The highest BCUT2D eigenvalue weighted by molar-refractivity contribution is 4.87. The third kappa shape index (κ3) is 4.42. The molecule has 1 aliphatic rings. The molecular weight excluding hydrogens is 196 g/mol. The van der Waals surface area contributed by atoms with Crippen molar-refractivity contribution in [3.8, 4) is 0 Å². The molecule has 0 amide bonds. The Morgan fingerprint density at radius 1 is 1.25 bits per heavy atom. The van der Waals surface area contributed by atoms with Crippen molar-refractivity contribution in [2.45, 2.75) is 77.3 Å². The summed E-state index contributed by atoms with van der Waals surface area (Å²) in [5.74, 6) is 0. The SMILES string of the molecule is CCCC1CCCCN1CC(C)(N)CCC. The molecule has 0 aliphatic carbocycles. The van der Waals surface area contributed by atoms with E-state index >= 15 is 0 Å². The van der Waals surface area contributed by atoms with Gasteiger partial charge in [0.15, 0.2) is 0 Å². The summed E-state index contributed by atoms with van der Waals surface area (Å²) in [5, 5.41) is 0. The predicted molar refractivity (Wildman–Crippen MR) is 71.6 cm³/mol. The van der Waals surface area contributed by atoms with E-state index in [2.05, 4.69) is 25.7 Å². The Balaban J connectivity index is 2.48. The van der Waals surface area contributed by atoms with Crippen LogP contribution in [0.5, 0.6) is 0 Å². The summed E-state index contributed by atoms with van der Waals surface area (Å²) in [5.41, 5.74) is 6.39. The van der Waals surface area contributed by atoms with Gasteiger partial charge in [0.2, 0.25) is 0 Å². The molecule has 0 bridgehead atoms. The zero-order valence-corrected chi connectivity index (χ0v) is 11.5. The molecule has 1 rings (SSSR count). The molecule has 0 aromatic rings. The number of likely N-dealkylation sites (tertiary alicyclic amines) is 1. The summed E-state index contributed by atoms with van der Waals surface area (Å²) in [7, 11) is 0. The average Bonchev–Trinajstić information content (AvgIpc) is 2.20. The standard InChI is InChI=1S/C14H30N2/c1-4-8-13-9-6-7-11-16(13)12-14(3,15)10-5-2/h13H,4-12,15H2,1-3H3. The van der Waals surface area contributed by atoms with Gasteiger partial charge in [-0.2, -0.15) is 0 Å². The van der Waals surface area contributed by atoms with Gasteiger partial charge < -0.3 is 5.73 Å².